The van der Waals surface area contributed by atoms with Crippen molar-refractivity contribution in [3.8, 4) is 0 Å². The van der Waals surface area contributed by atoms with Gasteiger partial charge in [0.1, 0.15) is 11.9 Å². The molecule has 6 N–H and O–H groups in total. The largest absolute Gasteiger partial charge is 0.384 e. The second-order valence-electron chi connectivity index (χ2n) is 15.3. The summed E-state index contributed by atoms with van der Waals surface area (Å²) in [6.07, 6.45) is 3.96. The molecule has 16 nitrogen and oxygen atoms in total. The average molecular weight is 810 g/mol. The molecule has 0 aliphatic carbocycles. The zero-order valence-electron chi connectivity index (χ0n) is 33.1. The van der Waals surface area contributed by atoms with Crippen LogP contribution in [-0.4, -0.2) is 126 Å². The molecule has 0 bridgehead atoms. The van der Waals surface area contributed by atoms with E-state index in [0.29, 0.717) is 84.0 Å². The number of rotatable bonds is 15. The van der Waals surface area contributed by atoms with Gasteiger partial charge in [-0.1, -0.05) is 6.07 Å². The maximum Gasteiger partial charge on any atom is 0.264 e. The highest BCUT2D eigenvalue weighted by atomic mass is 19.1. The van der Waals surface area contributed by atoms with E-state index in [4.69, 9.17) is 0 Å². The molecule has 5 heterocycles. The molecule has 2 aromatic carbocycles. The monoisotopic (exact) mass is 809 g/mol. The summed E-state index contributed by atoms with van der Waals surface area (Å²) in [5.74, 6) is -3.21. The smallest absolute Gasteiger partial charge is 0.264 e. The molecule has 59 heavy (non-hydrogen) atoms. The minimum atomic E-state index is -1.02. The molecule has 0 spiro atoms. The van der Waals surface area contributed by atoms with E-state index >= 15 is 0 Å². The van der Waals surface area contributed by atoms with E-state index in [0.717, 1.165) is 44.0 Å². The number of aromatic nitrogens is 1. The number of carbonyl (C=O) groups is 7. The van der Waals surface area contributed by atoms with Gasteiger partial charge in [-0.3, -0.25) is 48.7 Å². The lowest BCUT2D eigenvalue weighted by Crippen LogP contribution is -2.54. The van der Waals surface area contributed by atoms with E-state index in [2.05, 4.69) is 41.4 Å². The van der Waals surface area contributed by atoms with Crippen molar-refractivity contribution in [3.63, 3.8) is 0 Å². The number of fused-ring (bicyclic) bond motifs is 2. The summed E-state index contributed by atoms with van der Waals surface area (Å²) >= 11 is 0. The van der Waals surface area contributed by atoms with Gasteiger partial charge in [0.2, 0.25) is 17.7 Å². The Morgan fingerprint density at radius 3 is 2.39 bits per heavy atom. The van der Waals surface area contributed by atoms with Gasteiger partial charge in [0.15, 0.2) is 0 Å². The molecule has 2 saturated heterocycles. The number of hydrogen-bond acceptors (Lipinski definition) is 10. The number of carbonyl (C=O) groups excluding carboxylic acids is 7. The fourth-order valence-electron chi connectivity index (χ4n) is 8.09. The maximum atomic E-state index is 13.9. The lowest BCUT2D eigenvalue weighted by atomic mass is 10.0. The molecule has 0 saturated carbocycles. The fourth-order valence-corrected chi connectivity index (χ4v) is 8.09. The number of nitrogens with one attached hydrogen (secondary N) is 6. The third-order valence-electron chi connectivity index (χ3n) is 11.2. The highest BCUT2D eigenvalue weighted by molar-refractivity contribution is 6.35. The van der Waals surface area contributed by atoms with Crippen LogP contribution in [0.15, 0.2) is 36.4 Å². The first kappa shape index (κ1) is 41.0. The molecule has 4 aliphatic rings. The topological polar surface area (TPSA) is 205 Å². The third kappa shape index (κ3) is 8.95. The van der Waals surface area contributed by atoms with Gasteiger partial charge >= 0.3 is 0 Å². The Bertz CT molecular complexity index is 2240. The van der Waals surface area contributed by atoms with Gasteiger partial charge in [-0.25, -0.2) is 4.39 Å². The number of anilines is 2. The molecule has 1 unspecified atom stereocenters. The van der Waals surface area contributed by atoms with Crippen molar-refractivity contribution < 1.29 is 38.0 Å². The summed E-state index contributed by atoms with van der Waals surface area (Å²) < 4.78 is 13.9. The van der Waals surface area contributed by atoms with Crippen molar-refractivity contribution >= 4 is 64.4 Å². The first-order chi connectivity index (χ1) is 28.4. The van der Waals surface area contributed by atoms with Crippen LogP contribution in [0.5, 0.6) is 0 Å². The summed E-state index contributed by atoms with van der Waals surface area (Å²) in [6, 6.07) is 8.06. The molecule has 7 amide bonds. The average Bonchev–Trinajstić information content (AvgIpc) is 3.77. The van der Waals surface area contributed by atoms with Gasteiger partial charge in [-0.15, -0.1) is 0 Å². The Morgan fingerprint density at radius 1 is 0.864 bits per heavy atom. The predicted molar refractivity (Wildman–Crippen MR) is 217 cm³/mol. The Morgan fingerprint density at radius 2 is 1.61 bits per heavy atom. The number of amides is 7. The molecule has 3 aromatic rings. The molecular formula is C42H48FN9O7. The number of imide groups is 2. The first-order valence-corrected chi connectivity index (χ1v) is 20.0. The fraction of sp³-hybridized carbons (Fsp3) is 0.405. The summed E-state index contributed by atoms with van der Waals surface area (Å²) in [4.78, 5) is 97.3. The number of piperazine rings is 1. The van der Waals surface area contributed by atoms with E-state index in [1.54, 1.807) is 31.2 Å². The highest BCUT2D eigenvalue weighted by Gasteiger charge is 2.45. The van der Waals surface area contributed by atoms with Crippen LogP contribution in [0.3, 0.4) is 0 Å². The number of aryl methyl sites for hydroxylation is 1. The molecule has 0 radical (unpaired) electrons. The van der Waals surface area contributed by atoms with Gasteiger partial charge in [-0.2, -0.15) is 0 Å². The quantitative estimate of drug-likeness (QED) is 0.0752. The van der Waals surface area contributed by atoms with Crippen molar-refractivity contribution in [1.82, 2.24) is 35.6 Å². The minimum absolute atomic E-state index is 0.0485. The van der Waals surface area contributed by atoms with Gasteiger partial charge in [0.25, 0.3) is 23.6 Å². The maximum absolute atomic E-state index is 13.9. The Labute approximate surface area is 340 Å². The minimum Gasteiger partial charge on any atom is -0.384 e. The summed E-state index contributed by atoms with van der Waals surface area (Å²) in [7, 11) is 0. The van der Waals surface area contributed by atoms with Gasteiger partial charge in [-0.05, 0) is 88.0 Å². The first-order valence-electron chi connectivity index (χ1n) is 20.0. The lowest BCUT2D eigenvalue weighted by molar-refractivity contribution is -0.136. The number of unbranched alkanes of at least 4 members (excludes halogenated alkanes) is 1. The number of nitrogens with zero attached hydrogens (tertiary/aromatic N) is 3. The molecule has 2 fully saturated rings. The van der Waals surface area contributed by atoms with Crippen LogP contribution in [0.1, 0.15) is 85.7 Å². The standard InChI is InChI=1S/C42H48FN9O7/c1-24-32(22-29-28-21-26(43)9-10-30(28)48-38(29)55)47-25(2)36(24)40(57)46-15-6-16-50-17-19-51(20-18-50)23-35(54)45-14-4-3-13-44-31-8-5-7-27-37(31)42(59)52(41(27)58)33-11-12-34(53)49-39(33)56/h5,7-10,21-22,33,44,47H,3-4,6,11-20,23H2,1-2H3,(H,45,54)(H,46,57)(H,48,55)(H,49,53,56)/b29-22-. The van der Waals surface area contributed by atoms with Gasteiger partial charge < -0.3 is 31.2 Å². The van der Waals surface area contributed by atoms with E-state index in [-0.39, 0.29) is 41.7 Å². The third-order valence-corrected chi connectivity index (χ3v) is 11.2. The number of H-pyrrole nitrogens is 1. The summed E-state index contributed by atoms with van der Waals surface area (Å²) in [5.41, 5.74) is 4.80. The van der Waals surface area contributed by atoms with E-state index in [1.807, 2.05) is 6.92 Å². The highest BCUT2D eigenvalue weighted by Crippen LogP contribution is 2.35. The van der Waals surface area contributed by atoms with Crippen LogP contribution in [0.25, 0.3) is 11.6 Å². The van der Waals surface area contributed by atoms with E-state index in [9.17, 15) is 38.0 Å². The van der Waals surface area contributed by atoms with Crippen LogP contribution < -0.4 is 26.6 Å². The van der Waals surface area contributed by atoms with Crippen LogP contribution >= 0.6 is 0 Å². The Kier molecular flexibility index (Phi) is 12.3. The van der Waals surface area contributed by atoms with E-state index < -0.39 is 35.5 Å². The van der Waals surface area contributed by atoms with Gasteiger partial charge in [0, 0.05) is 80.6 Å². The molecule has 4 aliphatic heterocycles. The van der Waals surface area contributed by atoms with Gasteiger partial charge in [0.05, 0.1) is 28.8 Å². The van der Waals surface area contributed by atoms with E-state index in [1.165, 1.54) is 18.2 Å². The summed E-state index contributed by atoms with van der Waals surface area (Å²) in [5, 5.41) is 14.2. The van der Waals surface area contributed by atoms with Crippen molar-refractivity contribution in [2.24, 2.45) is 0 Å². The SMILES string of the molecule is Cc1[nH]c(/C=C2\C(=O)Nc3ccc(F)cc32)c(C)c1C(=O)NCCCN1CCN(CC(=O)NCCCCNc2cccc3c2C(=O)N(C2CCC(=O)NC2=O)C3=O)CC1. The number of halogens is 1. The second kappa shape index (κ2) is 17.7. The normalized spacial score (nSPS) is 18.8. The van der Waals surface area contributed by atoms with Crippen LogP contribution in [0.4, 0.5) is 15.8 Å². The molecule has 17 heteroatoms. The number of benzene rings is 2. The summed E-state index contributed by atoms with van der Waals surface area (Å²) in [6.45, 7) is 9.34. The van der Waals surface area contributed by atoms with Crippen molar-refractivity contribution in [2.75, 3.05) is 69.5 Å². The van der Waals surface area contributed by atoms with Crippen LogP contribution in [-0.2, 0) is 19.2 Å². The predicted octanol–water partition coefficient (Wildman–Crippen LogP) is 2.41. The van der Waals surface area contributed by atoms with Crippen LogP contribution in [0.2, 0.25) is 0 Å². The number of piperidine rings is 1. The number of aromatic amines is 1. The molecular weight excluding hydrogens is 762 g/mol. The Balaban J connectivity index is 0.768. The van der Waals surface area contributed by atoms with Crippen LogP contribution in [0, 0.1) is 19.7 Å². The van der Waals surface area contributed by atoms with Crippen molar-refractivity contribution in [3.05, 3.63) is 81.4 Å². The molecule has 1 atom stereocenters. The molecule has 7 rings (SSSR count). The second-order valence-corrected chi connectivity index (χ2v) is 15.3. The van der Waals surface area contributed by atoms with Crippen molar-refractivity contribution in [2.45, 2.75) is 52.0 Å². The molecule has 310 valence electrons. The van der Waals surface area contributed by atoms with Crippen molar-refractivity contribution in [1.29, 1.82) is 0 Å². The Hall–Kier alpha value is -6.20. The number of hydrogen-bond donors (Lipinski definition) is 6. The molecule has 1 aromatic heterocycles. The zero-order chi connectivity index (χ0) is 41.8. The lowest BCUT2D eigenvalue weighted by Gasteiger charge is -2.34. The zero-order valence-corrected chi connectivity index (χ0v) is 33.1.